The average molecular weight is 367 g/mol. The highest BCUT2D eigenvalue weighted by Gasteiger charge is 2.16. The highest BCUT2D eigenvalue weighted by molar-refractivity contribution is 7.89. The molecule has 0 atom stereocenters. The normalized spacial score (nSPS) is 11.4. The molecule has 4 nitrogen and oxygen atoms in total. The summed E-state index contributed by atoms with van der Waals surface area (Å²) in [6.45, 7) is 0.214. The molecule has 8 heteroatoms. The summed E-state index contributed by atoms with van der Waals surface area (Å²) < 4.78 is 28.1. The molecule has 2 aromatic rings. The van der Waals surface area contributed by atoms with E-state index >= 15 is 0 Å². The predicted molar refractivity (Wildman–Crippen MR) is 83.6 cm³/mol. The first-order chi connectivity index (χ1) is 9.77. The molecule has 0 amide bonds. The Bertz CT molecular complexity index is 778. The van der Waals surface area contributed by atoms with Crippen molar-refractivity contribution in [1.82, 2.24) is 0 Å². The van der Waals surface area contributed by atoms with E-state index in [0.29, 0.717) is 5.02 Å². The number of halogens is 3. The minimum Gasteiger partial charge on any atom is -0.487 e. The summed E-state index contributed by atoms with van der Waals surface area (Å²) >= 11 is 17.7. The molecule has 0 spiro atoms. The van der Waals surface area contributed by atoms with Gasteiger partial charge in [-0.15, -0.1) is 0 Å². The largest absolute Gasteiger partial charge is 0.487 e. The van der Waals surface area contributed by atoms with Crippen LogP contribution in [0, 0.1) is 0 Å². The Morgan fingerprint density at radius 2 is 1.76 bits per heavy atom. The number of ether oxygens (including phenoxy) is 1. The van der Waals surface area contributed by atoms with Gasteiger partial charge in [0.15, 0.2) is 0 Å². The highest BCUT2D eigenvalue weighted by atomic mass is 35.5. The molecule has 0 saturated carbocycles. The summed E-state index contributed by atoms with van der Waals surface area (Å²) in [5, 5.41) is 5.67. The molecule has 0 heterocycles. The molecule has 112 valence electrons. The lowest BCUT2D eigenvalue weighted by Gasteiger charge is -2.11. The van der Waals surface area contributed by atoms with Crippen LogP contribution in [0.3, 0.4) is 0 Å². The van der Waals surface area contributed by atoms with Gasteiger partial charge in [0, 0.05) is 11.1 Å². The van der Waals surface area contributed by atoms with Crippen LogP contribution in [0.25, 0.3) is 0 Å². The maximum atomic E-state index is 11.3. The van der Waals surface area contributed by atoms with Crippen LogP contribution in [0.5, 0.6) is 5.75 Å². The monoisotopic (exact) mass is 365 g/mol. The van der Waals surface area contributed by atoms with Gasteiger partial charge in [-0.2, -0.15) is 0 Å². The Kier molecular flexibility index (Phi) is 5.01. The van der Waals surface area contributed by atoms with Gasteiger partial charge in [-0.25, -0.2) is 13.6 Å². The van der Waals surface area contributed by atoms with Crippen LogP contribution in [0.15, 0.2) is 41.3 Å². The standard InChI is InChI=1S/C13H10Cl3NO3S/c14-9-3-1-2-8(4-9)7-20-12-5-11(16)13(6-10(12)15)21(17,18)19/h1-6H,7H2,(H2,17,18,19). The molecular weight excluding hydrogens is 357 g/mol. The van der Waals surface area contributed by atoms with E-state index in [2.05, 4.69) is 0 Å². The Balaban J connectivity index is 2.24. The number of primary sulfonamides is 1. The van der Waals surface area contributed by atoms with Crippen molar-refractivity contribution in [2.24, 2.45) is 5.14 Å². The van der Waals surface area contributed by atoms with Crippen molar-refractivity contribution in [2.75, 3.05) is 0 Å². The van der Waals surface area contributed by atoms with E-state index in [-0.39, 0.29) is 27.3 Å². The first-order valence-electron chi connectivity index (χ1n) is 5.66. The van der Waals surface area contributed by atoms with Crippen molar-refractivity contribution in [3.63, 3.8) is 0 Å². The van der Waals surface area contributed by atoms with Gasteiger partial charge in [-0.05, 0) is 23.8 Å². The summed E-state index contributed by atoms with van der Waals surface area (Å²) in [6, 6.07) is 9.59. The second-order valence-electron chi connectivity index (χ2n) is 4.18. The molecule has 0 aliphatic rings. The maximum absolute atomic E-state index is 11.3. The van der Waals surface area contributed by atoms with Gasteiger partial charge >= 0.3 is 0 Å². The summed E-state index contributed by atoms with van der Waals surface area (Å²) in [7, 11) is -3.93. The summed E-state index contributed by atoms with van der Waals surface area (Å²) in [5.41, 5.74) is 0.838. The van der Waals surface area contributed by atoms with Crippen molar-refractivity contribution in [3.05, 3.63) is 57.0 Å². The first-order valence-corrected chi connectivity index (χ1v) is 8.34. The van der Waals surface area contributed by atoms with E-state index < -0.39 is 10.0 Å². The zero-order chi connectivity index (χ0) is 15.6. The van der Waals surface area contributed by atoms with Crippen molar-refractivity contribution in [3.8, 4) is 5.75 Å². The first kappa shape index (κ1) is 16.4. The number of hydrogen-bond donors (Lipinski definition) is 1. The predicted octanol–water partition coefficient (Wildman–Crippen LogP) is 3.87. The van der Waals surface area contributed by atoms with Crippen molar-refractivity contribution in [1.29, 1.82) is 0 Å². The van der Waals surface area contributed by atoms with Crippen LogP contribution in [-0.2, 0) is 16.6 Å². The number of nitrogens with two attached hydrogens (primary N) is 1. The molecule has 0 aliphatic heterocycles. The summed E-state index contributed by atoms with van der Waals surface area (Å²) in [5.74, 6) is 0.258. The smallest absolute Gasteiger partial charge is 0.239 e. The Morgan fingerprint density at radius 1 is 1.05 bits per heavy atom. The third-order valence-electron chi connectivity index (χ3n) is 2.58. The number of benzene rings is 2. The summed E-state index contributed by atoms with van der Waals surface area (Å²) in [4.78, 5) is -0.246. The lowest BCUT2D eigenvalue weighted by molar-refractivity contribution is 0.306. The van der Waals surface area contributed by atoms with Gasteiger partial charge < -0.3 is 4.74 Å². The van der Waals surface area contributed by atoms with Crippen LogP contribution in [-0.4, -0.2) is 8.42 Å². The second kappa shape index (κ2) is 6.42. The van der Waals surface area contributed by atoms with Crippen LogP contribution in [0.1, 0.15) is 5.56 Å². The maximum Gasteiger partial charge on any atom is 0.239 e. The van der Waals surface area contributed by atoms with Gasteiger partial charge in [-0.3, -0.25) is 0 Å². The third-order valence-corrected chi connectivity index (χ3v) is 4.48. The fourth-order valence-corrected chi connectivity index (χ4v) is 3.21. The van der Waals surface area contributed by atoms with Gasteiger partial charge in [0.1, 0.15) is 17.3 Å². The fourth-order valence-electron chi connectivity index (χ4n) is 1.63. The van der Waals surface area contributed by atoms with Crippen LogP contribution in [0.2, 0.25) is 15.1 Å². The van der Waals surface area contributed by atoms with E-state index in [1.165, 1.54) is 6.07 Å². The average Bonchev–Trinajstić information content (AvgIpc) is 2.38. The van der Waals surface area contributed by atoms with Gasteiger partial charge in [0.05, 0.1) is 10.0 Å². The topological polar surface area (TPSA) is 69.4 Å². The van der Waals surface area contributed by atoms with E-state index in [1.807, 2.05) is 6.07 Å². The number of hydrogen-bond acceptors (Lipinski definition) is 3. The molecule has 0 aliphatic carbocycles. The minimum absolute atomic E-state index is 0.0528. The molecule has 2 aromatic carbocycles. The molecule has 0 unspecified atom stereocenters. The zero-order valence-electron chi connectivity index (χ0n) is 10.5. The minimum atomic E-state index is -3.93. The Hall–Kier alpha value is -0.980. The SMILES string of the molecule is NS(=O)(=O)c1cc(Cl)c(OCc2cccc(Cl)c2)cc1Cl. The summed E-state index contributed by atoms with van der Waals surface area (Å²) in [6.07, 6.45) is 0. The quantitative estimate of drug-likeness (QED) is 0.893. The Labute approximate surface area is 137 Å². The van der Waals surface area contributed by atoms with Crippen molar-refractivity contribution in [2.45, 2.75) is 11.5 Å². The lowest BCUT2D eigenvalue weighted by atomic mass is 10.2. The van der Waals surface area contributed by atoms with Gasteiger partial charge in [-0.1, -0.05) is 46.9 Å². The lowest BCUT2D eigenvalue weighted by Crippen LogP contribution is -2.13. The van der Waals surface area contributed by atoms with Gasteiger partial charge in [0.2, 0.25) is 10.0 Å². The number of sulfonamides is 1. The molecule has 0 radical (unpaired) electrons. The van der Waals surface area contributed by atoms with Crippen LogP contribution >= 0.6 is 34.8 Å². The molecule has 2 rings (SSSR count). The van der Waals surface area contributed by atoms with E-state index in [1.54, 1.807) is 18.2 Å². The molecule has 0 aromatic heterocycles. The second-order valence-corrected chi connectivity index (χ2v) is 6.96. The fraction of sp³-hybridized carbons (Fsp3) is 0.0769. The molecule has 0 bridgehead atoms. The van der Waals surface area contributed by atoms with E-state index in [0.717, 1.165) is 11.6 Å². The van der Waals surface area contributed by atoms with Crippen LogP contribution < -0.4 is 9.88 Å². The highest BCUT2D eigenvalue weighted by Crippen LogP contribution is 2.33. The molecule has 2 N–H and O–H groups in total. The van der Waals surface area contributed by atoms with E-state index in [9.17, 15) is 8.42 Å². The van der Waals surface area contributed by atoms with E-state index in [4.69, 9.17) is 44.7 Å². The van der Waals surface area contributed by atoms with Crippen molar-refractivity contribution >= 4 is 44.8 Å². The number of rotatable bonds is 4. The van der Waals surface area contributed by atoms with Gasteiger partial charge in [0.25, 0.3) is 0 Å². The van der Waals surface area contributed by atoms with Crippen LogP contribution in [0.4, 0.5) is 0 Å². The molecule has 0 saturated heterocycles. The Morgan fingerprint density at radius 3 is 2.38 bits per heavy atom. The molecular formula is C13H10Cl3NO3S. The molecule has 21 heavy (non-hydrogen) atoms. The molecule has 0 fully saturated rings. The zero-order valence-corrected chi connectivity index (χ0v) is 13.6. The van der Waals surface area contributed by atoms with Crippen molar-refractivity contribution < 1.29 is 13.2 Å². The third kappa shape index (κ3) is 4.25.